The van der Waals surface area contributed by atoms with E-state index in [1.165, 1.54) is 7.11 Å². The van der Waals surface area contributed by atoms with Crippen molar-refractivity contribution < 1.29 is 34.1 Å². The Labute approximate surface area is 231 Å². The number of carbonyl (C=O) groups is 3. The lowest BCUT2D eigenvalue weighted by Gasteiger charge is -2.43. The summed E-state index contributed by atoms with van der Waals surface area (Å²) in [6.07, 6.45) is 3.85. The molecule has 3 atom stereocenters. The van der Waals surface area contributed by atoms with Crippen molar-refractivity contribution in [2.24, 2.45) is 11.8 Å². The van der Waals surface area contributed by atoms with Crippen LogP contribution < -0.4 is 14.8 Å². The van der Waals surface area contributed by atoms with Gasteiger partial charge < -0.3 is 29.9 Å². The number of aliphatic hydroxyl groups is 2. The topological polar surface area (TPSA) is 125 Å². The molecule has 3 N–H and O–H groups in total. The van der Waals surface area contributed by atoms with Gasteiger partial charge >= 0.3 is 0 Å². The van der Waals surface area contributed by atoms with E-state index in [9.17, 15) is 24.6 Å². The summed E-state index contributed by atoms with van der Waals surface area (Å²) in [5, 5.41) is 23.4. The third-order valence-electron chi connectivity index (χ3n) is 6.94. The Hall–Kier alpha value is -2.18. The minimum absolute atomic E-state index is 0.00853. The van der Waals surface area contributed by atoms with Crippen molar-refractivity contribution in [3.05, 3.63) is 32.9 Å². The maximum absolute atomic E-state index is 13.5. The molecule has 0 radical (unpaired) electrons. The summed E-state index contributed by atoms with van der Waals surface area (Å²) in [5.41, 5.74) is 0.796. The fraction of sp³-hybridized carbons (Fsp3) is 0.593. The van der Waals surface area contributed by atoms with Crippen LogP contribution in [0.2, 0.25) is 0 Å². The van der Waals surface area contributed by atoms with Crippen LogP contribution in [0.25, 0.3) is 0 Å². The third kappa shape index (κ3) is 7.23. The van der Waals surface area contributed by atoms with E-state index in [1.54, 1.807) is 23.1 Å². The molecule has 0 aliphatic heterocycles. The average Bonchev–Trinajstić information content (AvgIpc) is 2.83. The maximum Gasteiger partial charge on any atom is 0.247 e. The minimum atomic E-state index is -1.10. The summed E-state index contributed by atoms with van der Waals surface area (Å²) in [6.45, 7) is 4.53. The van der Waals surface area contributed by atoms with E-state index < -0.39 is 18.2 Å². The van der Waals surface area contributed by atoms with Gasteiger partial charge in [0.1, 0.15) is 18.5 Å². The van der Waals surface area contributed by atoms with Gasteiger partial charge in [0.2, 0.25) is 11.8 Å². The lowest BCUT2D eigenvalue weighted by atomic mass is 9.82. The molecule has 2 aliphatic rings. The van der Waals surface area contributed by atoms with Crippen molar-refractivity contribution in [1.82, 2.24) is 10.2 Å². The number of aliphatic hydroxyl groups excluding tert-OH is 2. The zero-order valence-corrected chi connectivity index (χ0v) is 23.8. The first-order valence-electron chi connectivity index (χ1n) is 12.8. The number of nitrogens with zero attached hydrogens (tertiary/aromatic N) is 1. The number of rotatable bonds is 12. The smallest absolute Gasteiger partial charge is 0.247 e. The van der Waals surface area contributed by atoms with Gasteiger partial charge in [0.15, 0.2) is 11.5 Å². The SMILES string of the molecule is COc1cc(C=O)cc(I)c1OC1C=C(C(=O)NCCO)CC(N(CCC(C)C)C(=O)C2CCC2)C1O. The van der Waals surface area contributed by atoms with E-state index in [1.807, 2.05) is 22.6 Å². The Bertz CT molecular complexity index is 1010. The largest absolute Gasteiger partial charge is 0.493 e. The molecule has 1 aromatic carbocycles. The van der Waals surface area contributed by atoms with Gasteiger partial charge in [-0.2, -0.15) is 0 Å². The number of hydrogen-bond acceptors (Lipinski definition) is 7. The van der Waals surface area contributed by atoms with Gasteiger partial charge in [0, 0.05) is 36.6 Å². The number of carbonyl (C=O) groups excluding carboxylic acids is 3. The molecule has 1 aromatic rings. The van der Waals surface area contributed by atoms with Crippen molar-refractivity contribution in [3.8, 4) is 11.5 Å². The van der Waals surface area contributed by atoms with E-state index in [-0.39, 0.29) is 37.3 Å². The monoisotopic (exact) mass is 628 g/mol. The fourth-order valence-electron chi connectivity index (χ4n) is 4.56. The van der Waals surface area contributed by atoms with Crippen molar-refractivity contribution >= 4 is 40.7 Å². The van der Waals surface area contributed by atoms with Crippen molar-refractivity contribution in [1.29, 1.82) is 0 Å². The van der Waals surface area contributed by atoms with Crippen LogP contribution in [0, 0.1) is 15.4 Å². The first kappa shape index (κ1) is 29.4. The van der Waals surface area contributed by atoms with Gasteiger partial charge in [-0.15, -0.1) is 0 Å². The molecule has 0 saturated heterocycles. The molecule has 9 nitrogen and oxygen atoms in total. The van der Waals surface area contributed by atoms with E-state index in [0.717, 1.165) is 25.7 Å². The maximum atomic E-state index is 13.5. The van der Waals surface area contributed by atoms with Crippen LogP contribution in [-0.2, 0) is 9.59 Å². The number of aldehydes is 1. The molecule has 10 heteroatoms. The van der Waals surface area contributed by atoms with Crippen LogP contribution in [0.5, 0.6) is 11.5 Å². The van der Waals surface area contributed by atoms with Gasteiger partial charge in [0.25, 0.3) is 0 Å². The summed E-state index contributed by atoms with van der Waals surface area (Å²) in [6, 6.07) is 2.53. The highest BCUT2D eigenvalue weighted by molar-refractivity contribution is 14.1. The number of benzene rings is 1. The summed E-state index contributed by atoms with van der Waals surface area (Å²) < 4.78 is 12.3. The van der Waals surface area contributed by atoms with Gasteiger partial charge in [-0.3, -0.25) is 14.4 Å². The molecule has 204 valence electrons. The standard InChI is InChI=1S/C27H37IN2O7/c1-16(2)7-9-30(27(35)18-5-4-6-18)21-13-19(26(34)29-8-10-31)14-22(24(21)33)37-25-20(28)11-17(15-32)12-23(25)36-3/h11-12,14-16,18,21-22,24,31,33H,4-10,13H2,1-3H3,(H,29,34). The number of halogens is 1. The lowest BCUT2D eigenvalue weighted by Crippen LogP contribution is -2.57. The third-order valence-corrected chi connectivity index (χ3v) is 7.74. The molecule has 0 spiro atoms. The molecule has 2 amide bonds. The van der Waals surface area contributed by atoms with Gasteiger partial charge in [-0.25, -0.2) is 0 Å². The van der Waals surface area contributed by atoms with E-state index >= 15 is 0 Å². The van der Waals surface area contributed by atoms with Gasteiger partial charge in [0.05, 0.1) is 23.3 Å². The van der Waals surface area contributed by atoms with Gasteiger partial charge in [-0.05, 0) is 66.0 Å². The Balaban J connectivity index is 1.98. The lowest BCUT2D eigenvalue weighted by molar-refractivity contribution is -0.145. The van der Waals surface area contributed by atoms with E-state index in [2.05, 4.69) is 19.2 Å². The van der Waals surface area contributed by atoms with Crippen molar-refractivity contribution in [3.63, 3.8) is 0 Å². The summed E-state index contributed by atoms with van der Waals surface area (Å²) in [5.74, 6) is 0.586. The normalized spacial score (nSPS) is 21.6. The minimum Gasteiger partial charge on any atom is -0.493 e. The molecule has 0 bridgehead atoms. The molecule has 2 aliphatic carbocycles. The van der Waals surface area contributed by atoms with Crippen LogP contribution in [0.3, 0.4) is 0 Å². The first-order valence-corrected chi connectivity index (χ1v) is 13.9. The number of hydrogen-bond donors (Lipinski definition) is 3. The predicted octanol–water partition coefficient (Wildman–Crippen LogP) is 2.70. The molecule has 0 heterocycles. The summed E-state index contributed by atoms with van der Waals surface area (Å²) >= 11 is 2.03. The average molecular weight is 629 g/mol. The second-order valence-electron chi connectivity index (χ2n) is 10.0. The Morgan fingerprint density at radius 1 is 1.30 bits per heavy atom. The molecule has 0 aromatic heterocycles. The van der Waals surface area contributed by atoms with Crippen LogP contribution in [0.15, 0.2) is 23.8 Å². The highest BCUT2D eigenvalue weighted by Crippen LogP contribution is 2.38. The number of methoxy groups -OCH3 is 1. The van der Waals surface area contributed by atoms with Crippen molar-refractivity contribution in [2.75, 3.05) is 26.8 Å². The summed E-state index contributed by atoms with van der Waals surface area (Å²) in [4.78, 5) is 39.5. The Morgan fingerprint density at radius 3 is 2.59 bits per heavy atom. The van der Waals surface area contributed by atoms with Crippen LogP contribution in [0.4, 0.5) is 0 Å². The zero-order valence-electron chi connectivity index (χ0n) is 21.6. The van der Waals surface area contributed by atoms with E-state index in [4.69, 9.17) is 9.47 Å². The highest BCUT2D eigenvalue weighted by Gasteiger charge is 2.42. The van der Waals surface area contributed by atoms with Crippen molar-refractivity contribution in [2.45, 2.75) is 64.2 Å². The molecular formula is C27H37IN2O7. The first-order chi connectivity index (χ1) is 17.7. The predicted molar refractivity (Wildman–Crippen MR) is 147 cm³/mol. The molecule has 1 fully saturated rings. The molecule has 1 saturated carbocycles. The molecule has 3 unspecified atom stereocenters. The summed E-state index contributed by atoms with van der Waals surface area (Å²) in [7, 11) is 1.46. The second kappa shape index (κ2) is 13.6. The van der Waals surface area contributed by atoms with Crippen LogP contribution in [0.1, 0.15) is 56.3 Å². The van der Waals surface area contributed by atoms with Gasteiger partial charge in [-0.1, -0.05) is 20.3 Å². The quantitative estimate of drug-likeness (QED) is 0.240. The van der Waals surface area contributed by atoms with E-state index in [0.29, 0.717) is 45.0 Å². The van der Waals surface area contributed by atoms with Crippen LogP contribution >= 0.6 is 22.6 Å². The molecule has 37 heavy (non-hydrogen) atoms. The zero-order chi connectivity index (χ0) is 27.1. The fourth-order valence-corrected chi connectivity index (χ4v) is 5.32. The Kier molecular flexibility index (Phi) is 10.8. The molecule has 3 rings (SSSR count). The second-order valence-corrected chi connectivity index (χ2v) is 11.2. The number of nitrogens with one attached hydrogen (secondary N) is 1. The number of amides is 2. The number of ether oxygens (including phenoxy) is 2. The van der Waals surface area contributed by atoms with Crippen LogP contribution in [-0.4, -0.2) is 78.3 Å². The molecular weight excluding hydrogens is 591 g/mol. The Morgan fingerprint density at radius 2 is 2.03 bits per heavy atom. The highest BCUT2D eigenvalue weighted by atomic mass is 127.